The first-order valence-electron chi connectivity index (χ1n) is 6.40. The predicted octanol–water partition coefficient (Wildman–Crippen LogP) is -1.19. The first kappa shape index (κ1) is 16.2. The molecule has 0 aromatic heterocycles. The second-order valence-corrected chi connectivity index (χ2v) is 5.15. The van der Waals surface area contributed by atoms with E-state index in [1.165, 1.54) is 12.0 Å². The predicted molar refractivity (Wildman–Crippen MR) is 69.5 cm³/mol. The number of aliphatic hydroxyl groups excluding tert-OH is 1. The fraction of sp³-hybridized carbons (Fsp3) is 0.750. The molecule has 1 rings (SSSR count). The van der Waals surface area contributed by atoms with Crippen molar-refractivity contribution < 1.29 is 24.2 Å². The molecular weight excluding hydrogens is 266 g/mol. The number of amides is 3. The molecule has 1 aliphatic heterocycles. The highest BCUT2D eigenvalue weighted by molar-refractivity contribution is 5.90. The van der Waals surface area contributed by atoms with E-state index in [9.17, 15) is 19.5 Å². The van der Waals surface area contributed by atoms with Gasteiger partial charge >= 0.3 is 12.0 Å². The highest BCUT2D eigenvalue weighted by Gasteiger charge is 2.42. The van der Waals surface area contributed by atoms with Crippen LogP contribution in [0.15, 0.2) is 0 Å². The van der Waals surface area contributed by atoms with Crippen LogP contribution in [0.25, 0.3) is 0 Å². The molecule has 1 aliphatic rings. The largest absolute Gasteiger partial charge is 0.467 e. The summed E-state index contributed by atoms with van der Waals surface area (Å²) in [5.41, 5.74) is 5.05. The Morgan fingerprint density at radius 3 is 2.45 bits per heavy atom. The van der Waals surface area contributed by atoms with Gasteiger partial charge in [0, 0.05) is 13.0 Å². The van der Waals surface area contributed by atoms with E-state index in [0.717, 1.165) is 0 Å². The molecule has 0 radical (unpaired) electrons. The lowest BCUT2D eigenvalue weighted by Gasteiger charge is -2.29. The summed E-state index contributed by atoms with van der Waals surface area (Å²) in [6.07, 6.45) is -0.663. The number of ether oxygens (including phenoxy) is 1. The summed E-state index contributed by atoms with van der Waals surface area (Å²) in [7, 11) is 1.22. The summed E-state index contributed by atoms with van der Waals surface area (Å²) in [5, 5.41) is 12.0. The lowest BCUT2D eigenvalue weighted by molar-refractivity contribution is -0.151. The highest BCUT2D eigenvalue weighted by atomic mass is 16.5. The molecule has 0 aromatic carbocycles. The Morgan fingerprint density at radius 1 is 1.40 bits per heavy atom. The number of esters is 1. The first-order chi connectivity index (χ1) is 9.27. The summed E-state index contributed by atoms with van der Waals surface area (Å²) >= 11 is 0. The Kier molecular flexibility index (Phi) is 5.32. The molecule has 1 saturated heterocycles. The number of urea groups is 1. The third-order valence-electron chi connectivity index (χ3n) is 3.27. The third kappa shape index (κ3) is 3.60. The molecule has 8 heteroatoms. The summed E-state index contributed by atoms with van der Waals surface area (Å²) in [5.74, 6) is -1.24. The van der Waals surface area contributed by atoms with Crippen LogP contribution in [0.4, 0.5) is 4.79 Å². The molecule has 0 bridgehead atoms. The number of carbonyl (C=O) groups excluding carboxylic acids is 3. The molecule has 8 nitrogen and oxygen atoms in total. The van der Waals surface area contributed by atoms with E-state index in [0.29, 0.717) is 0 Å². The quantitative estimate of drug-likeness (QED) is 0.561. The number of aliphatic hydroxyl groups is 1. The molecule has 0 spiro atoms. The topological polar surface area (TPSA) is 122 Å². The van der Waals surface area contributed by atoms with E-state index < -0.39 is 36.1 Å². The van der Waals surface area contributed by atoms with Crippen LogP contribution in [0.3, 0.4) is 0 Å². The van der Waals surface area contributed by atoms with Crippen molar-refractivity contribution in [2.24, 2.45) is 11.7 Å². The smallest absolute Gasteiger partial charge is 0.328 e. The van der Waals surface area contributed by atoms with Crippen LogP contribution in [0, 0.1) is 5.92 Å². The molecule has 0 aromatic rings. The van der Waals surface area contributed by atoms with Gasteiger partial charge in [0.25, 0.3) is 0 Å². The van der Waals surface area contributed by atoms with Crippen LogP contribution in [-0.4, -0.2) is 59.8 Å². The summed E-state index contributed by atoms with van der Waals surface area (Å²) < 4.78 is 4.63. The number of primary amides is 1. The van der Waals surface area contributed by atoms with Crippen molar-refractivity contribution >= 4 is 17.9 Å². The second-order valence-electron chi connectivity index (χ2n) is 5.15. The number of hydrogen-bond acceptors (Lipinski definition) is 5. The summed E-state index contributed by atoms with van der Waals surface area (Å²) in [4.78, 5) is 36.3. The molecule has 0 aliphatic carbocycles. The number of nitrogens with zero attached hydrogens (tertiary/aromatic N) is 1. The van der Waals surface area contributed by atoms with Crippen LogP contribution >= 0.6 is 0 Å². The lowest BCUT2D eigenvalue weighted by Crippen LogP contribution is -2.55. The van der Waals surface area contributed by atoms with Gasteiger partial charge < -0.3 is 25.8 Å². The minimum absolute atomic E-state index is 0.0300. The van der Waals surface area contributed by atoms with Crippen LogP contribution in [0.1, 0.15) is 20.3 Å². The number of likely N-dealkylation sites (tertiary alicyclic amines) is 1. The van der Waals surface area contributed by atoms with E-state index in [1.807, 2.05) is 0 Å². The van der Waals surface area contributed by atoms with Gasteiger partial charge in [-0.15, -0.1) is 0 Å². The fourth-order valence-corrected chi connectivity index (χ4v) is 2.26. The molecule has 1 fully saturated rings. The molecule has 1 heterocycles. The molecule has 3 unspecified atom stereocenters. The Balaban J connectivity index is 2.91. The Hall–Kier alpha value is -1.83. The highest BCUT2D eigenvalue weighted by Crippen LogP contribution is 2.21. The van der Waals surface area contributed by atoms with Crippen molar-refractivity contribution in [1.29, 1.82) is 0 Å². The van der Waals surface area contributed by atoms with E-state index >= 15 is 0 Å². The van der Waals surface area contributed by atoms with Crippen LogP contribution in [0.2, 0.25) is 0 Å². The Labute approximate surface area is 117 Å². The number of rotatable bonds is 4. The van der Waals surface area contributed by atoms with Gasteiger partial charge in [-0.2, -0.15) is 0 Å². The maximum atomic E-state index is 12.4. The van der Waals surface area contributed by atoms with Crippen molar-refractivity contribution in [3.63, 3.8) is 0 Å². The van der Waals surface area contributed by atoms with Crippen molar-refractivity contribution in [3.05, 3.63) is 0 Å². The molecule has 4 N–H and O–H groups in total. The number of hydrogen-bond donors (Lipinski definition) is 3. The average molecular weight is 287 g/mol. The molecule has 20 heavy (non-hydrogen) atoms. The fourth-order valence-electron chi connectivity index (χ4n) is 2.26. The SMILES string of the molecule is COC(=O)C1CC(O)CN1C(=O)C(NC(N)=O)C(C)C. The summed E-state index contributed by atoms with van der Waals surface area (Å²) in [6, 6.07) is -2.49. The summed E-state index contributed by atoms with van der Waals surface area (Å²) in [6.45, 7) is 3.53. The monoisotopic (exact) mass is 287 g/mol. The standard InChI is InChI=1S/C12H21N3O5/c1-6(2)9(14-12(13)19)10(17)15-5-7(16)4-8(15)11(18)20-3/h6-9,16H,4-5H2,1-3H3,(H3,13,14,19). The zero-order chi connectivity index (χ0) is 15.4. The number of β-amino-alcohol motifs (C(OH)–C–C–N with tert-alkyl or cyclic N) is 1. The molecule has 114 valence electrons. The van der Waals surface area contributed by atoms with Gasteiger partial charge in [0.1, 0.15) is 12.1 Å². The normalized spacial score (nSPS) is 23.6. The van der Waals surface area contributed by atoms with Gasteiger partial charge in [0.2, 0.25) is 5.91 Å². The number of nitrogens with two attached hydrogens (primary N) is 1. The number of nitrogens with one attached hydrogen (secondary N) is 1. The van der Waals surface area contributed by atoms with Gasteiger partial charge in [0.05, 0.1) is 13.2 Å². The van der Waals surface area contributed by atoms with Crippen molar-refractivity contribution in [1.82, 2.24) is 10.2 Å². The van der Waals surface area contributed by atoms with Gasteiger partial charge in [0.15, 0.2) is 0 Å². The van der Waals surface area contributed by atoms with Crippen molar-refractivity contribution in [2.75, 3.05) is 13.7 Å². The van der Waals surface area contributed by atoms with Crippen LogP contribution < -0.4 is 11.1 Å². The van der Waals surface area contributed by atoms with E-state index in [4.69, 9.17) is 5.73 Å². The minimum Gasteiger partial charge on any atom is -0.467 e. The van der Waals surface area contributed by atoms with E-state index in [2.05, 4.69) is 10.1 Å². The van der Waals surface area contributed by atoms with E-state index in [-0.39, 0.29) is 18.9 Å². The van der Waals surface area contributed by atoms with Crippen LogP contribution in [0.5, 0.6) is 0 Å². The van der Waals surface area contributed by atoms with Gasteiger partial charge in [-0.25, -0.2) is 9.59 Å². The first-order valence-corrected chi connectivity index (χ1v) is 6.40. The van der Waals surface area contributed by atoms with Gasteiger partial charge in [-0.3, -0.25) is 4.79 Å². The van der Waals surface area contributed by atoms with Gasteiger partial charge in [-0.05, 0) is 5.92 Å². The molecule has 3 amide bonds. The lowest BCUT2D eigenvalue weighted by atomic mass is 10.0. The Bertz CT molecular complexity index is 399. The molecular formula is C12H21N3O5. The van der Waals surface area contributed by atoms with Crippen LogP contribution in [-0.2, 0) is 14.3 Å². The Morgan fingerprint density at radius 2 is 2.00 bits per heavy atom. The maximum absolute atomic E-state index is 12.4. The number of methoxy groups -OCH3 is 1. The second kappa shape index (κ2) is 6.56. The van der Waals surface area contributed by atoms with Crippen molar-refractivity contribution in [3.8, 4) is 0 Å². The molecule has 0 saturated carbocycles. The zero-order valence-electron chi connectivity index (χ0n) is 11.8. The van der Waals surface area contributed by atoms with Gasteiger partial charge in [-0.1, -0.05) is 13.8 Å². The van der Waals surface area contributed by atoms with E-state index in [1.54, 1.807) is 13.8 Å². The molecule has 3 atom stereocenters. The van der Waals surface area contributed by atoms with Crippen molar-refractivity contribution in [2.45, 2.75) is 38.5 Å². The number of carbonyl (C=O) groups is 3. The average Bonchev–Trinajstić information content (AvgIpc) is 2.75. The zero-order valence-corrected chi connectivity index (χ0v) is 11.8. The maximum Gasteiger partial charge on any atom is 0.328 e. The minimum atomic E-state index is -0.843. The third-order valence-corrected chi connectivity index (χ3v) is 3.27.